The second kappa shape index (κ2) is 4.27. The third-order valence-electron chi connectivity index (χ3n) is 3.61. The molecule has 2 aliphatic heterocycles. The molecule has 0 aliphatic carbocycles. The first-order valence-electron chi connectivity index (χ1n) is 5.94. The molecule has 0 radical (unpaired) electrons. The molecule has 2 aliphatic rings. The van der Waals surface area contributed by atoms with Crippen LogP contribution in [-0.4, -0.2) is 44.9 Å². The summed E-state index contributed by atoms with van der Waals surface area (Å²) < 4.78 is 11.6. The molecule has 19 heavy (non-hydrogen) atoms. The molecule has 1 aromatic heterocycles. The third-order valence-corrected chi connectivity index (χ3v) is 3.61. The van der Waals surface area contributed by atoms with Gasteiger partial charge in [0.25, 0.3) is 5.56 Å². The van der Waals surface area contributed by atoms with Crippen LogP contribution in [0.5, 0.6) is 0 Å². The van der Waals surface area contributed by atoms with E-state index in [0.29, 0.717) is 5.56 Å². The Kier molecular flexibility index (Phi) is 2.82. The van der Waals surface area contributed by atoms with E-state index in [0.717, 1.165) is 4.57 Å². The number of nitrogens with one attached hydrogen (secondary N) is 1. The van der Waals surface area contributed by atoms with E-state index < -0.39 is 41.9 Å². The second-order valence-corrected chi connectivity index (χ2v) is 4.84. The molecule has 5 atom stereocenters. The molecule has 3 heterocycles. The highest BCUT2D eigenvalue weighted by atomic mass is 16.6. The zero-order chi connectivity index (χ0) is 13.7. The Morgan fingerprint density at radius 3 is 2.84 bits per heavy atom. The molecule has 1 aromatic rings. The molecule has 104 valence electrons. The summed E-state index contributed by atoms with van der Waals surface area (Å²) in [6.45, 7) is 1.71. The number of aliphatic hydroxyl groups excluding tert-OH is 2. The predicted molar refractivity (Wildman–Crippen MR) is 61.4 cm³/mol. The summed E-state index contributed by atoms with van der Waals surface area (Å²) in [5.41, 5.74) is -0.795. The van der Waals surface area contributed by atoms with E-state index in [1.165, 1.54) is 6.20 Å². The van der Waals surface area contributed by atoms with Crippen molar-refractivity contribution >= 4 is 0 Å². The van der Waals surface area contributed by atoms with Crippen molar-refractivity contribution in [3.05, 3.63) is 32.6 Å². The van der Waals surface area contributed by atoms with E-state index in [2.05, 4.69) is 4.98 Å². The van der Waals surface area contributed by atoms with E-state index in [1.807, 2.05) is 0 Å². The summed E-state index contributed by atoms with van der Waals surface area (Å²) in [5.74, 6) is -0.593. The number of hydrogen-bond acceptors (Lipinski definition) is 6. The largest absolute Gasteiger partial charge is 0.388 e. The first-order valence-corrected chi connectivity index (χ1v) is 5.94. The van der Waals surface area contributed by atoms with Gasteiger partial charge in [-0.1, -0.05) is 0 Å². The Bertz CT molecular complexity index is 608. The lowest BCUT2D eigenvalue weighted by Gasteiger charge is -2.20. The van der Waals surface area contributed by atoms with Crippen LogP contribution >= 0.6 is 0 Å². The Morgan fingerprint density at radius 1 is 1.42 bits per heavy atom. The maximum atomic E-state index is 11.7. The van der Waals surface area contributed by atoms with Crippen molar-refractivity contribution in [1.82, 2.24) is 9.55 Å². The van der Waals surface area contributed by atoms with Crippen molar-refractivity contribution in [2.45, 2.75) is 31.6 Å². The van der Waals surface area contributed by atoms with Crippen LogP contribution in [0.25, 0.3) is 0 Å². The van der Waals surface area contributed by atoms with Gasteiger partial charge in [-0.2, -0.15) is 0 Å². The van der Waals surface area contributed by atoms with E-state index in [-0.39, 0.29) is 6.61 Å². The Hall–Kier alpha value is -1.48. The molecule has 0 aromatic carbocycles. The van der Waals surface area contributed by atoms with Crippen LogP contribution < -0.4 is 11.2 Å². The number of aromatic nitrogens is 2. The zero-order valence-electron chi connectivity index (χ0n) is 10.1. The Labute approximate surface area is 107 Å². The second-order valence-electron chi connectivity index (χ2n) is 4.84. The van der Waals surface area contributed by atoms with Gasteiger partial charge in [0.2, 0.25) is 0 Å². The summed E-state index contributed by atoms with van der Waals surface area (Å²) in [5, 5.41) is 19.7. The predicted octanol–water partition coefficient (Wildman–Crippen LogP) is -1.93. The molecule has 2 saturated heterocycles. The average molecular weight is 270 g/mol. The van der Waals surface area contributed by atoms with Crippen LogP contribution in [0.4, 0.5) is 0 Å². The van der Waals surface area contributed by atoms with Gasteiger partial charge in [-0.05, 0) is 6.92 Å². The number of aryl methyl sites for hydroxylation is 1. The van der Waals surface area contributed by atoms with Gasteiger partial charge in [-0.15, -0.1) is 0 Å². The van der Waals surface area contributed by atoms with Crippen LogP contribution in [0.3, 0.4) is 0 Å². The number of rotatable bonds is 1. The van der Waals surface area contributed by atoms with Crippen LogP contribution in [0.15, 0.2) is 15.8 Å². The molecule has 1 unspecified atom stereocenters. The first kappa shape index (κ1) is 12.5. The zero-order valence-corrected chi connectivity index (χ0v) is 10.1. The summed E-state index contributed by atoms with van der Waals surface area (Å²) >= 11 is 0. The molecule has 0 bridgehead atoms. The molecule has 3 rings (SSSR count). The smallest absolute Gasteiger partial charge is 0.330 e. The number of ether oxygens (including phenoxy) is 2. The fourth-order valence-electron chi connectivity index (χ4n) is 2.57. The van der Waals surface area contributed by atoms with Gasteiger partial charge in [-0.3, -0.25) is 14.3 Å². The summed E-state index contributed by atoms with van der Waals surface area (Å²) in [7, 11) is 0. The lowest BCUT2D eigenvalue weighted by molar-refractivity contribution is -0.126. The highest BCUT2D eigenvalue weighted by Crippen LogP contribution is 2.39. The molecular weight excluding hydrogens is 256 g/mol. The quantitative estimate of drug-likeness (QED) is 0.547. The van der Waals surface area contributed by atoms with Crippen molar-refractivity contribution in [3.8, 4) is 0 Å². The SMILES string of the molecule is Cc1cn([C@@H]2O[C@@H]3COC(O)[C@@H]3[C@@H]2O)c(=O)[nH]c1=O. The van der Waals surface area contributed by atoms with Gasteiger partial charge in [0.1, 0.15) is 6.10 Å². The first-order chi connectivity index (χ1) is 8.99. The topological polar surface area (TPSA) is 114 Å². The molecule has 0 saturated carbocycles. The van der Waals surface area contributed by atoms with Crippen molar-refractivity contribution < 1.29 is 19.7 Å². The maximum Gasteiger partial charge on any atom is 0.330 e. The number of aromatic amines is 1. The van der Waals surface area contributed by atoms with Gasteiger partial charge >= 0.3 is 5.69 Å². The van der Waals surface area contributed by atoms with Crippen LogP contribution in [-0.2, 0) is 9.47 Å². The van der Waals surface area contributed by atoms with E-state index in [4.69, 9.17) is 9.47 Å². The number of aliphatic hydroxyl groups is 2. The monoisotopic (exact) mass is 270 g/mol. The Morgan fingerprint density at radius 2 is 2.16 bits per heavy atom. The summed E-state index contributed by atoms with van der Waals surface area (Å²) in [6.07, 6.45) is -2.25. The fraction of sp³-hybridized carbons (Fsp3) is 0.636. The van der Waals surface area contributed by atoms with Gasteiger partial charge < -0.3 is 19.7 Å². The van der Waals surface area contributed by atoms with Gasteiger partial charge in [-0.25, -0.2) is 4.79 Å². The van der Waals surface area contributed by atoms with Crippen LogP contribution in [0.1, 0.15) is 11.8 Å². The standard InChI is InChI=1S/C11H14N2O6/c1-4-2-13(11(17)12-8(4)15)9-7(14)6-5(19-9)3-18-10(6)16/h2,5-7,9-10,14,16H,3H2,1H3,(H,12,15,17)/t5-,6+,7+,9-,10?/m1/s1. The van der Waals surface area contributed by atoms with E-state index in [9.17, 15) is 19.8 Å². The van der Waals surface area contributed by atoms with Crippen molar-refractivity contribution in [1.29, 1.82) is 0 Å². The lowest BCUT2D eigenvalue weighted by Crippen LogP contribution is -2.38. The van der Waals surface area contributed by atoms with E-state index in [1.54, 1.807) is 6.92 Å². The molecule has 2 fully saturated rings. The minimum atomic E-state index is -1.11. The number of nitrogens with zero attached hydrogens (tertiary/aromatic N) is 1. The average Bonchev–Trinajstić information content (AvgIpc) is 2.86. The number of H-pyrrole nitrogens is 1. The molecular formula is C11H14N2O6. The Balaban J connectivity index is 1.99. The van der Waals surface area contributed by atoms with Gasteiger partial charge in [0.15, 0.2) is 12.5 Å². The molecule has 0 amide bonds. The number of fused-ring (bicyclic) bond motifs is 1. The van der Waals surface area contributed by atoms with Crippen LogP contribution in [0.2, 0.25) is 0 Å². The summed E-state index contributed by atoms with van der Waals surface area (Å²) in [6, 6.07) is 0. The molecule has 8 nitrogen and oxygen atoms in total. The molecule has 8 heteroatoms. The molecule has 3 N–H and O–H groups in total. The summed E-state index contributed by atoms with van der Waals surface area (Å²) in [4.78, 5) is 25.2. The minimum Gasteiger partial charge on any atom is -0.388 e. The molecule has 0 spiro atoms. The van der Waals surface area contributed by atoms with Crippen molar-refractivity contribution in [2.24, 2.45) is 5.92 Å². The van der Waals surface area contributed by atoms with Gasteiger partial charge in [0.05, 0.1) is 18.6 Å². The maximum absolute atomic E-state index is 11.7. The lowest BCUT2D eigenvalue weighted by atomic mass is 10.00. The number of hydrogen-bond donors (Lipinski definition) is 3. The van der Waals surface area contributed by atoms with E-state index >= 15 is 0 Å². The highest BCUT2D eigenvalue weighted by Gasteiger charge is 2.52. The van der Waals surface area contributed by atoms with Gasteiger partial charge in [0, 0.05) is 11.8 Å². The van der Waals surface area contributed by atoms with Crippen molar-refractivity contribution in [3.63, 3.8) is 0 Å². The van der Waals surface area contributed by atoms with Crippen LogP contribution in [0, 0.1) is 12.8 Å². The minimum absolute atomic E-state index is 0.163. The van der Waals surface area contributed by atoms with Crippen molar-refractivity contribution in [2.75, 3.05) is 6.61 Å². The normalized spacial score (nSPS) is 37.5. The highest BCUT2D eigenvalue weighted by molar-refractivity contribution is 5.03. The fourth-order valence-corrected chi connectivity index (χ4v) is 2.57. The third kappa shape index (κ3) is 1.84.